The molecule has 0 aliphatic carbocycles. The van der Waals surface area contributed by atoms with Gasteiger partial charge in [0.15, 0.2) is 0 Å². The van der Waals surface area contributed by atoms with Crippen molar-refractivity contribution in [1.82, 2.24) is 0 Å². The van der Waals surface area contributed by atoms with Crippen LogP contribution in [0.3, 0.4) is 0 Å². The molecule has 16 heavy (non-hydrogen) atoms. The van der Waals surface area contributed by atoms with Gasteiger partial charge in [-0.3, -0.25) is 0 Å². The average Bonchev–Trinajstić information content (AvgIpc) is 2.27. The number of hydrogen-bond acceptors (Lipinski definition) is 2. The van der Waals surface area contributed by atoms with Crippen LogP contribution in [0.15, 0.2) is 18.2 Å². The summed E-state index contributed by atoms with van der Waals surface area (Å²) in [7, 11) is 0. The molecule has 1 aromatic rings. The van der Waals surface area contributed by atoms with E-state index in [4.69, 9.17) is 10.5 Å². The first-order valence-electron chi connectivity index (χ1n) is 6.11. The zero-order valence-corrected chi connectivity index (χ0v) is 10.8. The van der Waals surface area contributed by atoms with Gasteiger partial charge in [0.25, 0.3) is 0 Å². The van der Waals surface area contributed by atoms with E-state index in [0.29, 0.717) is 6.10 Å². The van der Waals surface area contributed by atoms with Crippen molar-refractivity contribution in [2.24, 2.45) is 5.73 Å². The lowest BCUT2D eigenvalue weighted by Gasteiger charge is -2.20. The van der Waals surface area contributed by atoms with Crippen molar-refractivity contribution in [3.8, 4) is 5.75 Å². The van der Waals surface area contributed by atoms with E-state index in [-0.39, 0.29) is 6.04 Å². The van der Waals surface area contributed by atoms with Crippen LogP contribution in [0.4, 0.5) is 0 Å². The molecule has 0 saturated heterocycles. The first-order valence-corrected chi connectivity index (χ1v) is 6.11. The van der Waals surface area contributed by atoms with Gasteiger partial charge in [-0.25, -0.2) is 0 Å². The molecule has 0 spiro atoms. The van der Waals surface area contributed by atoms with Gasteiger partial charge >= 0.3 is 0 Å². The van der Waals surface area contributed by atoms with E-state index < -0.39 is 0 Å². The van der Waals surface area contributed by atoms with Gasteiger partial charge in [0.05, 0.1) is 6.10 Å². The summed E-state index contributed by atoms with van der Waals surface area (Å²) in [6.45, 7) is 8.36. The Morgan fingerprint density at radius 3 is 2.38 bits per heavy atom. The molecule has 1 rings (SSSR count). The Kier molecular flexibility index (Phi) is 4.81. The second kappa shape index (κ2) is 5.90. The van der Waals surface area contributed by atoms with Crippen LogP contribution in [0.25, 0.3) is 0 Å². The molecule has 0 amide bonds. The van der Waals surface area contributed by atoms with Crippen molar-refractivity contribution in [2.45, 2.75) is 52.7 Å². The maximum absolute atomic E-state index is 5.98. The van der Waals surface area contributed by atoms with Crippen LogP contribution in [-0.4, -0.2) is 6.10 Å². The summed E-state index contributed by atoms with van der Waals surface area (Å²) in [5.74, 6) is 0.939. The Labute approximate surface area is 98.8 Å². The van der Waals surface area contributed by atoms with Crippen LogP contribution >= 0.6 is 0 Å². The molecule has 1 aromatic carbocycles. The van der Waals surface area contributed by atoms with Crippen LogP contribution in [0.5, 0.6) is 5.75 Å². The Hall–Kier alpha value is -1.02. The summed E-state index contributed by atoms with van der Waals surface area (Å²) in [4.78, 5) is 0. The van der Waals surface area contributed by atoms with E-state index in [1.807, 2.05) is 13.0 Å². The van der Waals surface area contributed by atoms with E-state index >= 15 is 0 Å². The maximum Gasteiger partial charge on any atom is 0.124 e. The van der Waals surface area contributed by atoms with Gasteiger partial charge in [-0.1, -0.05) is 31.5 Å². The zero-order chi connectivity index (χ0) is 12.1. The number of hydrogen-bond donors (Lipinski definition) is 1. The minimum atomic E-state index is 0.0178. The third-order valence-electron chi connectivity index (χ3n) is 2.86. The van der Waals surface area contributed by atoms with Crippen molar-refractivity contribution in [3.05, 3.63) is 29.3 Å². The minimum Gasteiger partial charge on any atom is -0.490 e. The molecule has 90 valence electrons. The molecule has 0 radical (unpaired) electrons. The summed E-state index contributed by atoms with van der Waals surface area (Å²) in [5, 5.41) is 0. The summed E-state index contributed by atoms with van der Waals surface area (Å²) in [6, 6.07) is 6.24. The third kappa shape index (κ3) is 3.24. The number of ether oxygens (including phenoxy) is 1. The van der Waals surface area contributed by atoms with E-state index in [2.05, 4.69) is 32.9 Å². The molecule has 0 saturated carbocycles. The fourth-order valence-corrected chi connectivity index (χ4v) is 1.77. The van der Waals surface area contributed by atoms with E-state index in [9.17, 15) is 0 Å². The highest BCUT2D eigenvalue weighted by atomic mass is 16.5. The lowest BCUT2D eigenvalue weighted by Crippen LogP contribution is -2.16. The molecule has 0 heterocycles. The first-order chi connectivity index (χ1) is 7.58. The molecule has 1 atom stereocenters. The number of benzene rings is 1. The van der Waals surface area contributed by atoms with Gasteiger partial charge in [-0.2, -0.15) is 0 Å². The van der Waals surface area contributed by atoms with Crippen LogP contribution in [0.2, 0.25) is 0 Å². The molecule has 0 fully saturated rings. The number of aryl methyl sites for hydroxylation is 1. The minimum absolute atomic E-state index is 0.0178. The number of rotatable bonds is 5. The number of nitrogens with two attached hydrogens (primary N) is 1. The second-order valence-corrected chi connectivity index (χ2v) is 4.39. The van der Waals surface area contributed by atoms with Crippen molar-refractivity contribution < 1.29 is 4.74 Å². The molecular weight excluding hydrogens is 198 g/mol. The van der Waals surface area contributed by atoms with Gasteiger partial charge in [-0.05, 0) is 32.8 Å². The SMILES string of the molecule is CCC(CC)Oc1ccc(C)cc1C(C)N. The van der Waals surface area contributed by atoms with Gasteiger partial charge in [0.1, 0.15) is 5.75 Å². The lowest BCUT2D eigenvalue weighted by atomic mass is 10.0. The Bertz CT molecular complexity index is 330. The third-order valence-corrected chi connectivity index (χ3v) is 2.86. The lowest BCUT2D eigenvalue weighted by molar-refractivity contribution is 0.190. The zero-order valence-electron chi connectivity index (χ0n) is 10.8. The Morgan fingerprint density at radius 2 is 1.88 bits per heavy atom. The monoisotopic (exact) mass is 221 g/mol. The normalized spacial score (nSPS) is 12.9. The van der Waals surface area contributed by atoms with Crippen molar-refractivity contribution in [2.75, 3.05) is 0 Å². The fraction of sp³-hybridized carbons (Fsp3) is 0.571. The highest BCUT2D eigenvalue weighted by Crippen LogP contribution is 2.26. The second-order valence-electron chi connectivity index (χ2n) is 4.39. The highest BCUT2D eigenvalue weighted by molar-refractivity contribution is 5.38. The highest BCUT2D eigenvalue weighted by Gasteiger charge is 2.12. The molecule has 0 aliphatic heterocycles. The van der Waals surface area contributed by atoms with Crippen LogP contribution in [0.1, 0.15) is 50.8 Å². The molecule has 0 aliphatic rings. The molecule has 2 nitrogen and oxygen atoms in total. The van der Waals surface area contributed by atoms with Crippen molar-refractivity contribution in [3.63, 3.8) is 0 Å². The average molecular weight is 221 g/mol. The van der Waals surface area contributed by atoms with Crippen LogP contribution in [0, 0.1) is 6.92 Å². The summed E-state index contributed by atoms with van der Waals surface area (Å²) in [5.41, 5.74) is 8.29. The molecule has 2 N–H and O–H groups in total. The van der Waals surface area contributed by atoms with E-state index in [1.54, 1.807) is 0 Å². The van der Waals surface area contributed by atoms with Gasteiger partial charge < -0.3 is 10.5 Å². The molecule has 1 unspecified atom stereocenters. The fourth-order valence-electron chi connectivity index (χ4n) is 1.77. The molecule has 2 heteroatoms. The smallest absolute Gasteiger partial charge is 0.124 e. The summed E-state index contributed by atoms with van der Waals surface area (Å²) in [6.07, 6.45) is 2.35. The standard InChI is InChI=1S/C14H23NO/c1-5-12(6-2)16-14-8-7-10(3)9-13(14)11(4)15/h7-9,11-12H,5-6,15H2,1-4H3. The van der Waals surface area contributed by atoms with Crippen LogP contribution < -0.4 is 10.5 Å². The molecule has 0 bridgehead atoms. The van der Waals surface area contributed by atoms with Crippen molar-refractivity contribution >= 4 is 0 Å². The largest absolute Gasteiger partial charge is 0.490 e. The van der Waals surface area contributed by atoms with Gasteiger partial charge in [0, 0.05) is 11.6 Å². The maximum atomic E-state index is 5.98. The predicted molar refractivity (Wildman–Crippen MR) is 68.8 cm³/mol. The van der Waals surface area contributed by atoms with Gasteiger partial charge in [0.2, 0.25) is 0 Å². The molecular formula is C14H23NO. The molecule has 0 aromatic heterocycles. The van der Waals surface area contributed by atoms with E-state index in [1.165, 1.54) is 5.56 Å². The quantitative estimate of drug-likeness (QED) is 0.824. The first kappa shape index (κ1) is 13.0. The summed E-state index contributed by atoms with van der Waals surface area (Å²) >= 11 is 0. The van der Waals surface area contributed by atoms with Gasteiger partial charge in [-0.15, -0.1) is 0 Å². The van der Waals surface area contributed by atoms with Crippen molar-refractivity contribution in [1.29, 1.82) is 0 Å². The topological polar surface area (TPSA) is 35.2 Å². The Balaban J connectivity index is 2.94. The summed E-state index contributed by atoms with van der Waals surface area (Å²) < 4.78 is 5.98. The van der Waals surface area contributed by atoms with Crippen LogP contribution in [-0.2, 0) is 0 Å². The predicted octanol–water partition coefficient (Wildman–Crippen LogP) is 3.58. The van der Waals surface area contributed by atoms with E-state index in [0.717, 1.165) is 24.2 Å². The Morgan fingerprint density at radius 1 is 1.25 bits per heavy atom.